The van der Waals surface area contributed by atoms with E-state index in [4.69, 9.17) is 5.73 Å². The quantitative estimate of drug-likeness (QED) is 0.796. The first-order valence-electron chi connectivity index (χ1n) is 7.05. The van der Waals surface area contributed by atoms with Crippen molar-refractivity contribution >= 4 is 5.91 Å². The molecule has 2 rings (SSSR count). The van der Waals surface area contributed by atoms with Crippen molar-refractivity contribution in [3.05, 3.63) is 0 Å². The molecule has 4 unspecified atom stereocenters. The lowest BCUT2D eigenvalue weighted by molar-refractivity contribution is -0.130. The van der Waals surface area contributed by atoms with Crippen molar-refractivity contribution in [1.29, 1.82) is 0 Å². The van der Waals surface area contributed by atoms with Crippen LogP contribution in [0, 0.1) is 17.8 Å². The summed E-state index contributed by atoms with van der Waals surface area (Å²) in [6, 6.07) is 0.134. The van der Waals surface area contributed by atoms with E-state index in [2.05, 4.69) is 0 Å². The van der Waals surface area contributed by atoms with Crippen molar-refractivity contribution in [1.82, 2.24) is 4.90 Å². The van der Waals surface area contributed by atoms with Crippen LogP contribution < -0.4 is 5.73 Å². The molecule has 4 atom stereocenters. The zero-order chi connectivity index (χ0) is 12.4. The van der Waals surface area contributed by atoms with Crippen LogP contribution in [0.25, 0.3) is 0 Å². The number of amides is 1. The number of carbonyl (C=O) groups excluding carboxylic acids is 1. The van der Waals surface area contributed by atoms with E-state index in [0.717, 1.165) is 30.7 Å². The molecule has 2 aliphatic rings. The summed E-state index contributed by atoms with van der Waals surface area (Å²) in [4.78, 5) is 13.9. The second-order valence-corrected chi connectivity index (χ2v) is 6.23. The van der Waals surface area contributed by atoms with Gasteiger partial charge in [0.15, 0.2) is 0 Å². The van der Waals surface area contributed by atoms with Gasteiger partial charge in [-0.25, -0.2) is 0 Å². The summed E-state index contributed by atoms with van der Waals surface area (Å²) < 4.78 is 0. The largest absolute Gasteiger partial charge is 0.345 e. The third-order valence-electron chi connectivity index (χ3n) is 4.63. The Morgan fingerprint density at radius 1 is 1.41 bits per heavy atom. The number of fused-ring (bicyclic) bond motifs is 2. The van der Waals surface area contributed by atoms with E-state index in [1.54, 1.807) is 0 Å². The molecular formula is C14H26N2O. The smallest absolute Gasteiger partial charge is 0.222 e. The molecule has 2 aliphatic carbocycles. The Balaban J connectivity index is 1.73. The zero-order valence-corrected chi connectivity index (χ0v) is 11.2. The van der Waals surface area contributed by atoms with Gasteiger partial charge in [0.25, 0.3) is 0 Å². The highest BCUT2D eigenvalue weighted by molar-refractivity contribution is 5.75. The number of hydrogen-bond acceptors (Lipinski definition) is 2. The third kappa shape index (κ3) is 3.21. The van der Waals surface area contributed by atoms with Crippen molar-refractivity contribution in [3.8, 4) is 0 Å². The lowest BCUT2D eigenvalue weighted by Crippen LogP contribution is -2.34. The van der Waals surface area contributed by atoms with Gasteiger partial charge < -0.3 is 10.6 Å². The van der Waals surface area contributed by atoms with Crippen molar-refractivity contribution in [3.63, 3.8) is 0 Å². The molecular weight excluding hydrogens is 212 g/mol. The Morgan fingerprint density at radius 2 is 2.18 bits per heavy atom. The number of carbonyl (C=O) groups is 1. The predicted octanol–water partition coefficient (Wildman–Crippen LogP) is 2.01. The second kappa shape index (κ2) is 5.38. The van der Waals surface area contributed by atoms with Crippen LogP contribution in [0.4, 0.5) is 0 Å². The fraction of sp³-hybridized carbons (Fsp3) is 0.929. The van der Waals surface area contributed by atoms with E-state index in [0.29, 0.717) is 6.42 Å². The van der Waals surface area contributed by atoms with Crippen molar-refractivity contribution in [2.24, 2.45) is 23.5 Å². The molecule has 0 saturated heterocycles. The SMILES string of the molecule is CC(N)CCC(=O)N(C)CC1CC2CCC1C2. The molecule has 3 heteroatoms. The molecule has 0 radical (unpaired) electrons. The van der Waals surface area contributed by atoms with E-state index in [-0.39, 0.29) is 11.9 Å². The molecule has 2 N–H and O–H groups in total. The standard InChI is InChI=1S/C14H26N2O/c1-10(15)3-6-14(17)16(2)9-13-8-11-4-5-12(13)7-11/h10-13H,3-9,15H2,1-2H3. The maximum Gasteiger partial charge on any atom is 0.222 e. The molecule has 0 aromatic rings. The van der Waals surface area contributed by atoms with Gasteiger partial charge in [-0.05, 0) is 50.4 Å². The molecule has 2 saturated carbocycles. The van der Waals surface area contributed by atoms with E-state index >= 15 is 0 Å². The Kier molecular flexibility index (Phi) is 4.08. The van der Waals surface area contributed by atoms with E-state index in [1.807, 2.05) is 18.9 Å². The Morgan fingerprint density at radius 3 is 2.71 bits per heavy atom. The van der Waals surface area contributed by atoms with Gasteiger partial charge in [0.1, 0.15) is 0 Å². The van der Waals surface area contributed by atoms with Gasteiger partial charge in [0, 0.05) is 26.1 Å². The number of nitrogens with zero attached hydrogens (tertiary/aromatic N) is 1. The minimum atomic E-state index is 0.134. The summed E-state index contributed by atoms with van der Waals surface area (Å²) in [5, 5.41) is 0. The average molecular weight is 238 g/mol. The summed E-state index contributed by atoms with van der Waals surface area (Å²) in [6.07, 6.45) is 7.03. The Labute approximate surface area is 105 Å². The van der Waals surface area contributed by atoms with E-state index in [9.17, 15) is 4.79 Å². The fourth-order valence-corrected chi connectivity index (χ4v) is 3.60. The second-order valence-electron chi connectivity index (χ2n) is 6.23. The molecule has 1 amide bonds. The minimum Gasteiger partial charge on any atom is -0.345 e. The number of nitrogens with two attached hydrogens (primary N) is 1. The van der Waals surface area contributed by atoms with Crippen LogP contribution in [0.1, 0.15) is 45.4 Å². The molecule has 0 aromatic carbocycles. The Bertz CT molecular complexity index is 277. The normalized spacial score (nSPS) is 32.8. The summed E-state index contributed by atoms with van der Waals surface area (Å²) in [5.74, 6) is 2.92. The molecule has 3 nitrogen and oxygen atoms in total. The van der Waals surface area contributed by atoms with Crippen molar-refractivity contribution < 1.29 is 4.79 Å². The monoisotopic (exact) mass is 238 g/mol. The van der Waals surface area contributed by atoms with E-state index < -0.39 is 0 Å². The van der Waals surface area contributed by atoms with Crippen molar-refractivity contribution in [2.75, 3.05) is 13.6 Å². The third-order valence-corrected chi connectivity index (χ3v) is 4.63. The summed E-state index contributed by atoms with van der Waals surface area (Å²) in [7, 11) is 1.95. The average Bonchev–Trinajstić information content (AvgIpc) is 2.87. The maximum atomic E-state index is 11.9. The molecule has 0 aliphatic heterocycles. The first-order valence-corrected chi connectivity index (χ1v) is 7.05. The van der Waals surface area contributed by atoms with E-state index in [1.165, 1.54) is 25.7 Å². The van der Waals surface area contributed by atoms with Crippen LogP contribution in [0.3, 0.4) is 0 Å². The van der Waals surface area contributed by atoms with Crippen LogP contribution in [0.2, 0.25) is 0 Å². The van der Waals surface area contributed by atoms with Crippen LogP contribution in [0.15, 0.2) is 0 Å². The van der Waals surface area contributed by atoms with Gasteiger partial charge in [-0.2, -0.15) is 0 Å². The van der Waals surface area contributed by atoms with Crippen LogP contribution in [-0.2, 0) is 4.79 Å². The summed E-state index contributed by atoms with van der Waals surface area (Å²) in [6.45, 7) is 2.93. The number of rotatable bonds is 5. The highest BCUT2D eigenvalue weighted by Gasteiger charge is 2.39. The molecule has 98 valence electrons. The molecule has 0 aromatic heterocycles. The zero-order valence-electron chi connectivity index (χ0n) is 11.2. The highest BCUT2D eigenvalue weighted by Crippen LogP contribution is 2.48. The van der Waals surface area contributed by atoms with Gasteiger partial charge in [-0.1, -0.05) is 6.42 Å². The van der Waals surface area contributed by atoms with Crippen molar-refractivity contribution in [2.45, 2.75) is 51.5 Å². The van der Waals surface area contributed by atoms with Gasteiger partial charge in [0.2, 0.25) is 5.91 Å². The first kappa shape index (κ1) is 12.9. The molecule has 2 fully saturated rings. The summed E-state index contributed by atoms with van der Waals surface area (Å²) >= 11 is 0. The number of hydrogen-bond donors (Lipinski definition) is 1. The minimum absolute atomic E-state index is 0.134. The molecule has 0 heterocycles. The predicted molar refractivity (Wildman–Crippen MR) is 69.5 cm³/mol. The van der Waals surface area contributed by atoms with Gasteiger partial charge in [0.05, 0.1) is 0 Å². The molecule has 0 spiro atoms. The Hall–Kier alpha value is -0.570. The summed E-state index contributed by atoms with van der Waals surface area (Å²) in [5.41, 5.74) is 5.68. The van der Waals surface area contributed by atoms with Gasteiger partial charge in [-0.15, -0.1) is 0 Å². The molecule has 2 bridgehead atoms. The molecule has 17 heavy (non-hydrogen) atoms. The lowest BCUT2D eigenvalue weighted by atomic mass is 9.88. The first-order chi connectivity index (χ1) is 8.06. The lowest BCUT2D eigenvalue weighted by Gasteiger charge is -2.27. The van der Waals surface area contributed by atoms with Gasteiger partial charge >= 0.3 is 0 Å². The van der Waals surface area contributed by atoms with Crippen LogP contribution in [-0.4, -0.2) is 30.4 Å². The maximum absolute atomic E-state index is 11.9. The highest BCUT2D eigenvalue weighted by atomic mass is 16.2. The van der Waals surface area contributed by atoms with Crippen LogP contribution in [0.5, 0.6) is 0 Å². The topological polar surface area (TPSA) is 46.3 Å². The van der Waals surface area contributed by atoms with Gasteiger partial charge in [-0.3, -0.25) is 4.79 Å². The fourth-order valence-electron chi connectivity index (χ4n) is 3.60. The van der Waals surface area contributed by atoms with Crippen LogP contribution >= 0.6 is 0 Å².